The first-order valence-electron chi connectivity index (χ1n) is 7.70. The van der Waals surface area contributed by atoms with Crippen molar-refractivity contribution in [1.82, 2.24) is 5.32 Å². The molecule has 0 radical (unpaired) electrons. The highest BCUT2D eigenvalue weighted by atomic mass is 14.9. The van der Waals surface area contributed by atoms with Crippen LogP contribution in [0.1, 0.15) is 51.2 Å². The summed E-state index contributed by atoms with van der Waals surface area (Å²) in [6.07, 6.45) is 4.03. The summed E-state index contributed by atoms with van der Waals surface area (Å²) in [5.41, 5.74) is 3.20. The number of hydrogen-bond acceptors (Lipinski definition) is 1. The van der Waals surface area contributed by atoms with Gasteiger partial charge in [-0.25, -0.2) is 0 Å². The Kier molecular flexibility index (Phi) is 4.35. The molecule has 0 saturated heterocycles. The molecule has 19 heavy (non-hydrogen) atoms. The van der Waals surface area contributed by atoms with Gasteiger partial charge in [-0.15, -0.1) is 0 Å². The Morgan fingerprint density at radius 1 is 1.16 bits per heavy atom. The molecule has 1 nitrogen and oxygen atoms in total. The molecule has 3 atom stereocenters. The molecule has 1 aromatic carbocycles. The fourth-order valence-electron chi connectivity index (χ4n) is 4.06. The first-order chi connectivity index (χ1) is 8.96. The monoisotopic (exact) mass is 259 g/mol. The van der Waals surface area contributed by atoms with Gasteiger partial charge in [-0.1, -0.05) is 51.5 Å². The van der Waals surface area contributed by atoms with Gasteiger partial charge in [-0.3, -0.25) is 0 Å². The van der Waals surface area contributed by atoms with Crippen molar-refractivity contribution in [2.45, 2.75) is 58.4 Å². The van der Waals surface area contributed by atoms with Crippen molar-refractivity contribution in [3.8, 4) is 0 Å². The number of hydrogen-bond donors (Lipinski definition) is 1. The van der Waals surface area contributed by atoms with Crippen molar-refractivity contribution in [3.63, 3.8) is 0 Å². The first-order valence-corrected chi connectivity index (χ1v) is 7.70. The topological polar surface area (TPSA) is 12.0 Å². The summed E-state index contributed by atoms with van der Waals surface area (Å²) in [7, 11) is 2.13. The summed E-state index contributed by atoms with van der Waals surface area (Å²) in [6, 6.07) is 9.55. The molecule has 1 saturated carbocycles. The van der Waals surface area contributed by atoms with E-state index in [9.17, 15) is 0 Å². The van der Waals surface area contributed by atoms with Crippen molar-refractivity contribution in [3.05, 3.63) is 35.4 Å². The molecule has 0 heterocycles. The number of nitrogens with one attached hydrogen (secondary N) is 1. The molecular weight excluding hydrogens is 230 g/mol. The molecule has 106 valence electrons. The van der Waals surface area contributed by atoms with Gasteiger partial charge in [0, 0.05) is 6.04 Å². The maximum absolute atomic E-state index is 3.58. The van der Waals surface area contributed by atoms with Gasteiger partial charge in [0.1, 0.15) is 0 Å². The minimum absolute atomic E-state index is 0.249. The van der Waals surface area contributed by atoms with E-state index in [2.05, 4.69) is 64.3 Å². The molecule has 0 spiro atoms. The summed E-state index contributed by atoms with van der Waals surface area (Å²) in [6.45, 7) is 9.50. The lowest BCUT2D eigenvalue weighted by molar-refractivity contribution is 0.151. The molecule has 1 aromatic rings. The maximum Gasteiger partial charge on any atom is 0.0103 e. The van der Waals surface area contributed by atoms with Crippen LogP contribution in [0, 0.1) is 18.8 Å². The molecule has 0 bridgehead atoms. The van der Waals surface area contributed by atoms with Crippen LogP contribution in [0.15, 0.2) is 24.3 Å². The standard InChI is InChI=1S/C18H29N/c1-13-10-11-16(17(12-13)19-5)18(3,4)15-9-7-6-8-14(15)2/h6-9,13,16-17,19H,10-12H2,1-5H3. The molecule has 1 fully saturated rings. The van der Waals surface area contributed by atoms with Crippen molar-refractivity contribution in [2.75, 3.05) is 7.05 Å². The number of rotatable bonds is 3. The van der Waals surface area contributed by atoms with Gasteiger partial charge in [-0.05, 0) is 55.2 Å². The fourth-order valence-corrected chi connectivity index (χ4v) is 4.06. The number of aryl methyl sites for hydroxylation is 1. The zero-order valence-electron chi connectivity index (χ0n) is 13.2. The Balaban J connectivity index is 2.30. The van der Waals surface area contributed by atoms with Crippen LogP contribution >= 0.6 is 0 Å². The second kappa shape index (κ2) is 5.66. The van der Waals surface area contributed by atoms with E-state index in [1.54, 1.807) is 0 Å². The van der Waals surface area contributed by atoms with Gasteiger partial charge in [0.05, 0.1) is 0 Å². The lowest BCUT2D eigenvalue weighted by atomic mass is 9.63. The van der Waals surface area contributed by atoms with E-state index in [0.717, 1.165) is 11.8 Å². The lowest BCUT2D eigenvalue weighted by Crippen LogP contribution is -2.47. The molecule has 0 aliphatic heterocycles. The Bertz CT molecular complexity index is 421. The van der Waals surface area contributed by atoms with E-state index in [0.29, 0.717) is 6.04 Å². The van der Waals surface area contributed by atoms with Crippen molar-refractivity contribution in [2.24, 2.45) is 11.8 Å². The fraction of sp³-hybridized carbons (Fsp3) is 0.667. The minimum atomic E-state index is 0.249. The average Bonchev–Trinajstić information content (AvgIpc) is 2.38. The van der Waals surface area contributed by atoms with Crippen molar-refractivity contribution >= 4 is 0 Å². The van der Waals surface area contributed by atoms with Crippen LogP contribution in [0.5, 0.6) is 0 Å². The summed E-state index contributed by atoms with van der Waals surface area (Å²) in [4.78, 5) is 0. The summed E-state index contributed by atoms with van der Waals surface area (Å²) in [5.74, 6) is 1.59. The summed E-state index contributed by atoms with van der Waals surface area (Å²) in [5, 5.41) is 3.58. The van der Waals surface area contributed by atoms with E-state index in [1.165, 1.54) is 30.4 Å². The Morgan fingerprint density at radius 3 is 2.47 bits per heavy atom. The Morgan fingerprint density at radius 2 is 1.84 bits per heavy atom. The van der Waals surface area contributed by atoms with Gasteiger partial charge in [-0.2, -0.15) is 0 Å². The molecule has 1 aliphatic carbocycles. The Labute approximate surface area is 118 Å². The average molecular weight is 259 g/mol. The van der Waals surface area contributed by atoms with Crippen LogP contribution in [0.4, 0.5) is 0 Å². The smallest absolute Gasteiger partial charge is 0.0103 e. The van der Waals surface area contributed by atoms with Crippen molar-refractivity contribution in [1.29, 1.82) is 0 Å². The summed E-state index contributed by atoms with van der Waals surface area (Å²) < 4.78 is 0. The highest BCUT2D eigenvalue weighted by Gasteiger charge is 2.39. The van der Waals surface area contributed by atoms with E-state index in [4.69, 9.17) is 0 Å². The van der Waals surface area contributed by atoms with Crippen LogP contribution < -0.4 is 5.32 Å². The van der Waals surface area contributed by atoms with Gasteiger partial charge in [0.2, 0.25) is 0 Å². The normalized spacial score (nSPS) is 28.4. The van der Waals surface area contributed by atoms with Gasteiger partial charge >= 0.3 is 0 Å². The lowest BCUT2D eigenvalue weighted by Gasteiger charge is -2.45. The van der Waals surface area contributed by atoms with Gasteiger partial charge in [0.25, 0.3) is 0 Å². The largest absolute Gasteiger partial charge is 0.317 e. The first kappa shape index (κ1) is 14.6. The van der Waals surface area contributed by atoms with Gasteiger partial charge in [0.15, 0.2) is 0 Å². The predicted molar refractivity (Wildman–Crippen MR) is 83.6 cm³/mol. The zero-order valence-corrected chi connectivity index (χ0v) is 13.2. The highest BCUT2D eigenvalue weighted by Crippen LogP contribution is 2.43. The van der Waals surface area contributed by atoms with E-state index >= 15 is 0 Å². The molecule has 1 aliphatic rings. The third-order valence-electron chi connectivity index (χ3n) is 5.25. The predicted octanol–water partition coefficient (Wildman–Crippen LogP) is 4.30. The SMILES string of the molecule is CNC1CC(C)CCC1C(C)(C)c1ccccc1C. The van der Waals surface area contributed by atoms with Crippen LogP contribution in [-0.2, 0) is 5.41 Å². The van der Waals surface area contributed by atoms with Crippen molar-refractivity contribution < 1.29 is 0 Å². The molecule has 2 rings (SSSR count). The molecule has 0 amide bonds. The third-order valence-corrected chi connectivity index (χ3v) is 5.25. The third kappa shape index (κ3) is 2.86. The quantitative estimate of drug-likeness (QED) is 0.853. The van der Waals surface area contributed by atoms with Crippen LogP contribution in [0.3, 0.4) is 0 Å². The van der Waals surface area contributed by atoms with E-state index < -0.39 is 0 Å². The second-order valence-electron chi connectivity index (χ2n) is 6.96. The molecule has 0 aromatic heterocycles. The zero-order chi connectivity index (χ0) is 14.0. The Hall–Kier alpha value is -0.820. The number of benzene rings is 1. The molecule has 1 heteroatoms. The summed E-state index contributed by atoms with van der Waals surface area (Å²) >= 11 is 0. The molecule has 1 N–H and O–H groups in total. The maximum atomic E-state index is 3.58. The van der Waals surface area contributed by atoms with E-state index in [1.807, 2.05) is 0 Å². The molecular formula is C18H29N. The van der Waals surface area contributed by atoms with E-state index in [-0.39, 0.29) is 5.41 Å². The van der Waals surface area contributed by atoms with Crippen LogP contribution in [-0.4, -0.2) is 13.1 Å². The highest BCUT2D eigenvalue weighted by molar-refractivity contribution is 5.33. The van der Waals surface area contributed by atoms with Crippen LogP contribution in [0.25, 0.3) is 0 Å². The molecule has 3 unspecified atom stereocenters. The minimum Gasteiger partial charge on any atom is -0.317 e. The van der Waals surface area contributed by atoms with Gasteiger partial charge < -0.3 is 5.32 Å². The van der Waals surface area contributed by atoms with Crippen LogP contribution in [0.2, 0.25) is 0 Å². The second-order valence-corrected chi connectivity index (χ2v) is 6.96.